The van der Waals surface area contributed by atoms with Crippen molar-refractivity contribution in [3.05, 3.63) is 0 Å². The molecule has 0 aromatic carbocycles. The van der Waals surface area contributed by atoms with Gasteiger partial charge >= 0.3 is 0 Å². The Labute approximate surface area is 78.1 Å². The van der Waals surface area contributed by atoms with Crippen molar-refractivity contribution in [2.75, 3.05) is 19.6 Å². The Morgan fingerprint density at radius 1 is 1.08 bits per heavy atom. The first-order valence-corrected chi connectivity index (χ1v) is 5.46. The van der Waals surface area contributed by atoms with Gasteiger partial charge in [-0.15, -0.1) is 0 Å². The van der Waals surface area contributed by atoms with Crippen molar-refractivity contribution in [3.63, 3.8) is 0 Å². The van der Waals surface area contributed by atoms with Crippen LogP contribution in [0.3, 0.4) is 0 Å². The molecule has 0 bridgehead atoms. The third kappa shape index (κ3) is 5.59. The molecule has 0 spiro atoms. The monoisotopic (exact) mass is 171 g/mol. The van der Waals surface area contributed by atoms with Crippen molar-refractivity contribution < 1.29 is 0 Å². The molecule has 0 aromatic rings. The van der Waals surface area contributed by atoms with Gasteiger partial charge in [-0.25, -0.2) is 0 Å². The maximum atomic E-state index is 2.55. The first-order chi connectivity index (χ1) is 5.74. The molecule has 1 atom stereocenters. The zero-order chi connectivity index (χ0) is 9.40. The van der Waals surface area contributed by atoms with Gasteiger partial charge in [0.1, 0.15) is 0 Å². The summed E-state index contributed by atoms with van der Waals surface area (Å²) < 4.78 is 0. The van der Waals surface area contributed by atoms with E-state index in [9.17, 15) is 0 Å². The van der Waals surface area contributed by atoms with Crippen molar-refractivity contribution in [2.24, 2.45) is 5.92 Å². The van der Waals surface area contributed by atoms with E-state index in [1.165, 1.54) is 38.9 Å². The zero-order valence-electron chi connectivity index (χ0n) is 9.27. The van der Waals surface area contributed by atoms with Gasteiger partial charge in [0.05, 0.1) is 0 Å². The topological polar surface area (TPSA) is 3.24 Å². The first kappa shape index (κ1) is 12.0. The molecule has 0 fully saturated rings. The molecular formula is C11H25N. The van der Waals surface area contributed by atoms with E-state index in [1.807, 2.05) is 0 Å². The summed E-state index contributed by atoms with van der Waals surface area (Å²) in [6, 6.07) is 0. The van der Waals surface area contributed by atoms with Crippen molar-refractivity contribution in [1.82, 2.24) is 4.90 Å². The van der Waals surface area contributed by atoms with Crippen LogP contribution in [-0.2, 0) is 0 Å². The quantitative estimate of drug-likeness (QED) is 0.569. The van der Waals surface area contributed by atoms with Crippen LogP contribution in [0.1, 0.15) is 47.0 Å². The normalized spacial score (nSPS) is 13.8. The Bertz CT molecular complexity index is 91.0. The van der Waals surface area contributed by atoms with E-state index < -0.39 is 0 Å². The molecule has 0 aliphatic carbocycles. The molecule has 0 radical (unpaired) electrons. The number of hydrogen-bond acceptors (Lipinski definition) is 1. The highest BCUT2D eigenvalue weighted by Crippen LogP contribution is 2.07. The lowest BCUT2D eigenvalue weighted by Crippen LogP contribution is -2.26. The van der Waals surface area contributed by atoms with Crippen LogP contribution >= 0.6 is 0 Å². The van der Waals surface area contributed by atoms with E-state index >= 15 is 0 Å². The standard InChI is InChI=1S/C11H25N/c1-5-9-12(7-3)10-8-11(4)6-2/h11H,5-10H2,1-4H3/t11-/m1/s1. The van der Waals surface area contributed by atoms with Crippen LogP contribution in [0.2, 0.25) is 0 Å². The van der Waals surface area contributed by atoms with Gasteiger partial charge < -0.3 is 4.90 Å². The molecule has 0 aliphatic heterocycles. The van der Waals surface area contributed by atoms with Crippen LogP contribution in [0, 0.1) is 5.92 Å². The van der Waals surface area contributed by atoms with Gasteiger partial charge in [0.25, 0.3) is 0 Å². The SMILES string of the molecule is CCCN(CC)CC[C@H](C)CC. The van der Waals surface area contributed by atoms with Gasteiger partial charge in [-0.3, -0.25) is 0 Å². The average molecular weight is 171 g/mol. The van der Waals surface area contributed by atoms with Gasteiger partial charge in [0.2, 0.25) is 0 Å². The smallest absolute Gasteiger partial charge is 0.00163 e. The summed E-state index contributed by atoms with van der Waals surface area (Å²) in [7, 11) is 0. The Hall–Kier alpha value is -0.0400. The fourth-order valence-corrected chi connectivity index (χ4v) is 1.35. The van der Waals surface area contributed by atoms with E-state index in [0.29, 0.717) is 0 Å². The van der Waals surface area contributed by atoms with Crippen LogP contribution in [-0.4, -0.2) is 24.5 Å². The summed E-state index contributed by atoms with van der Waals surface area (Å²) in [5.41, 5.74) is 0. The summed E-state index contributed by atoms with van der Waals surface area (Å²) in [5.74, 6) is 0.899. The molecule has 0 aromatic heterocycles. The number of nitrogens with zero attached hydrogens (tertiary/aromatic N) is 1. The Balaban J connectivity index is 3.43. The molecule has 0 saturated carbocycles. The van der Waals surface area contributed by atoms with E-state index in [2.05, 4.69) is 32.6 Å². The highest BCUT2D eigenvalue weighted by atomic mass is 15.1. The lowest BCUT2D eigenvalue weighted by molar-refractivity contribution is 0.265. The largest absolute Gasteiger partial charge is 0.304 e. The van der Waals surface area contributed by atoms with Crippen LogP contribution in [0.25, 0.3) is 0 Å². The molecule has 12 heavy (non-hydrogen) atoms. The lowest BCUT2D eigenvalue weighted by atomic mass is 10.1. The highest BCUT2D eigenvalue weighted by molar-refractivity contribution is 4.57. The molecule has 0 heterocycles. The fraction of sp³-hybridized carbons (Fsp3) is 1.00. The second-order valence-electron chi connectivity index (χ2n) is 3.74. The molecule has 0 unspecified atom stereocenters. The number of rotatable bonds is 7. The van der Waals surface area contributed by atoms with E-state index in [0.717, 1.165) is 5.92 Å². The Morgan fingerprint density at radius 3 is 2.17 bits per heavy atom. The van der Waals surface area contributed by atoms with Crippen molar-refractivity contribution in [2.45, 2.75) is 47.0 Å². The van der Waals surface area contributed by atoms with Crippen LogP contribution in [0.15, 0.2) is 0 Å². The predicted octanol–water partition coefficient (Wildman–Crippen LogP) is 3.15. The van der Waals surface area contributed by atoms with Crippen molar-refractivity contribution in [3.8, 4) is 0 Å². The van der Waals surface area contributed by atoms with Gasteiger partial charge in [0.15, 0.2) is 0 Å². The molecule has 0 rings (SSSR count). The van der Waals surface area contributed by atoms with Crippen LogP contribution < -0.4 is 0 Å². The summed E-state index contributed by atoms with van der Waals surface area (Å²) in [6.45, 7) is 12.9. The molecular weight excluding hydrogens is 146 g/mol. The van der Waals surface area contributed by atoms with Gasteiger partial charge in [-0.1, -0.05) is 34.1 Å². The minimum atomic E-state index is 0.899. The first-order valence-electron chi connectivity index (χ1n) is 5.46. The van der Waals surface area contributed by atoms with Gasteiger partial charge in [0, 0.05) is 0 Å². The van der Waals surface area contributed by atoms with E-state index in [-0.39, 0.29) is 0 Å². The fourth-order valence-electron chi connectivity index (χ4n) is 1.35. The summed E-state index contributed by atoms with van der Waals surface area (Å²) in [5, 5.41) is 0. The molecule has 0 saturated heterocycles. The van der Waals surface area contributed by atoms with Gasteiger partial charge in [-0.05, 0) is 38.4 Å². The highest BCUT2D eigenvalue weighted by Gasteiger charge is 2.03. The third-order valence-electron chi connectivity index (χ3n) is 2.62. The molecule has 0 N–H and O–H groups in total. The molecule has 0 aliphatic rings. The number of hydrogen-bond donors (Lipinski definition) is 0. The second kappa shape index (κ2) is 7.60. The summed E-state index contributed by atoms with van der Waals surface area (Å²) in [6.07, 6.45) is 3.97. The molecule has 1 nitrogen and oxygen atoms in total. The maximum Gasteiger partial charge on any atom is -0.00163 e. The lowest BCUT2D eigenvalue weighted by Gasteiger charge is -2.21. The Morgan fingerprint density at radius 2 is 1.75 bits per heavy atom. The van der Waals surface area contributed by atoms with Crippen molar-refractivity contribution >= 4 is 0 Å². The van der Waals surface area contributed by atoms with E-state index in [4.69, 9.17) is 0 Å². The third-order valence-corrected chi connectivity index (χ3v) is 2.62. The Kier molecular flexibility index (Phi) is 7.58. The minimum Gasteiger partial charge on any atom is -0.304 e. The van der Waals surface area contributed by atoms with Crippen molar-refractivity contribution in [1.29, 1.82) is 0 Å². The average Bonchev–Trinajstić information content (AvgIpc) is 2.11. The summed E-state index contributed by atoms with van der Waals surface area (Å²) >= 11 is 0. The second-order valence-corrected chi connectivity index (χ2v) is 3.74. The predicted molar refractivity (Wildman–Crippen MR) is 56.5 cm³/mol. The van der Waals surface area contributed by atoms with Gasteiger partial charge in [-0.2, -0.15) is 0 Å². The maximum absolute atomic E-state index is 2.55. The van der Waals surface area contributed by atoms with E-state index in [1.54, 1.807) is 0 Å². The summed E-state index contributed by atoms with van der Waals surface area (Å²) in [4.78, 5) is 2.55. The molecule has 1 heteroatoms. The van der Waals surface area contributed by atoms with Crippen LogP contribution in [0.5, 0.6) is 0 Å². The zero-order valence-corrected chi connectivity index (χ0v) is 9.27. The van der Waals surface area contributed by atoms with Crippen LogP contribution in [0.4, 0.5) is 0 Å². The molecule has 0 amide bonds. The molecule has 74 valence electrons. The minimum absolute atomic E-state index is 0.899.